The number of nitrogens with one attached hydrogen (secondary N) is 1. The standard InChI is InChI=1S/C12H24N2O2/c1-3-4-9(2)16-8-7-11(12(13)15)14-10-5-6-10/h9-11,14H,3-8H2,1-2H3,(H2,13,15). The van der Waals surface area contributed by atoms with Crippen LogP contribution in [0.5, 0.6) is 0 Å². The molecule has 4 nitrogen and oxygen atoms in total. The van der Waals surface area contributed by atoms with Gasteiger partial charge >= 0.3 is 0 Å². The summed E-state index contributed by atoms with van der Waals surface area (Å²) >= 11 is 0. The summed E-state index contributed by atoms with van der Waals surface area (Å²) in [5, 5.41) is 3.24. The van der Waals surface area contributed by atoms with Crippen molar-refractivity contribution in [1.82, 2.24) is 5.32 Å². The van der Waals surface area contributed by atoms with E-state index in [0.29, 0.717) is 19.1 Å². The third-order valence-electron chi connectivity index (χ3n) is 2.86. The monoisotopic (exact) mass is 228 g/mol. The van der Waals surface area contributed by atoms with Crippen molar-refractivity contribution in [3.8, 4) is 0 Å². The average molecular weight is 228 g/mol. The number of ether oxygens (including phenoxy) is 1. The smallest absolute Gasteiger partial charge is 0.234 e. The number of amides is 1. The fraction of sp³-hybridized carbons (Fsp3) is 0.917. The zero-order chi connectivity index (χ0) is 12.0. The number of carbonyl (C=O) groups excluding carboxylic acids is 1. The highest BCUT2D eigenvalue weighted by molar-refractivity contribution is 5.79. The second-order valence-corrected chi connectivity index (χ2v) is 4.65. The van der Waals surface area contributed by atoms with E-state index in [4.69, 9.17) is 10.5 Å². The van der Waals surface area contributed by atoms with E-state index in [9.17, 15) is 4.79 Å². The van der Waals surface area contributed by atoms with Crippen molar-refractivity contribution < 1.29 is 9.53 Å². The Balaban J connectivity index is 2.13. The number of rotatable bonds is 9. The molecule has 4 heteroatoms. The Morgan fingerprint density at radius 1 is 1.50 bits per heavy atom. The van der Waals surface area contributed by atoms with Crippen LogP contribution in [0, 0.1) is 0 Å². The molecule has 0 aromatic carbocycles. The quantitative estimate of drug-likeness (QED) is 0.623. The van der Waals surface area contributed by atoms with Gasteiger partial charge in [0.05, 0.1) is 12.1 Å². The number of nitrogens with two attached hydrogens (primary N) is 1. The van der Waals surface area contributed by atoms with Crippen LogP contribution in [0.15, 0.2) is 0 Å². The van der Waals surface area contributed by atoms with E-state index in [0.717, 1.165) is 25.7 Å². The largest absolute Gasteiger partial charge is 0.378 e. The van der Waals surface area contributed by atoms with Crippen LogP contribution in [-0.4, -0.2) is 30.7 Å². The molecule has 0 aromatic heterocycles. The minimum atomic E-state index is -0.265. The number of primary amides is 1. The molecule has 2 unspecified atom stereocenters. The Bertz CT molecular complexity index is 217. The lowest BCUT2D eigenvalue weighted by Crippen LogP contribution is -2.43. The molecule has 0 aromatic rings. The van der Waals surface area contributed by atoms with Crippen LogP contribution in [0.2, 0.25) is 0 Å². The third-order valence-corrected chi connectivity index (χ3v) is 2.86. The zero-order valence-electron chi connectivity index (χ0n) is 10.4. The number of carbonyl (C=O) groups is 1. The van der Waals surface area contributed by atoms with Crippen LogP contribution < -0.4 is 11.1 Å². The SMILES string of the molecule is CCCC(C)OCCC(NC1CC1)C(N)=O. The van der Waals surface area contributed by atoms with Crippen LogP contribution >= 0.6 is 0 Å². The third kappa shape index (κ3) is 5.47. The van der Waals surface area contributed by atoms with Crippen LogP contribution in [0.3, 0.4) is 0 Å². The van der Waals surface area contributed by atoms with Gasteiger partial charge in [0.2, 0.25) is 5.91 Å². The summed E-state index contributed by atoms with van der Waals surface area (Å²) in [6.07, 6.45) is 5.48. The molecule has 0 radical (unpaired) electrons. The molecule has 1 aliphatic carbocycles. The zero-order valence-corrected chi connectivity index (χ0v) is 10.4. The Hall–Kier alpha value is -0.610. The van der Waals surface area contributed by atoms with Crippen molar-refractivity contribution in [3.05, 3.63) is 0 Å². The minimum absolute atomic E-state index is 0.221. The first-order valence-corrected chi connectivity index (χ1v) is 6.30. The Morgan fingerprint density at radius 2 is 2.19 bits per heavy atom. The van der Waals surface area contributed by atoms with E-state index < -0.39 is 0 Å². The predicted octanol–water partition coefficient (Wildman–Crippen LogP) is 1.19. The van der Waals surface area contributed by atoms with Crippen molar-refractivity contribution >= 4 is 5.91 Å². The molecule has 2 atom stereocenters. The van der Waals surface area contributed by atoms with Crippen molar-refractivity contribution in [2.75, 3.05) is 6.61 Å². The molecule has 1 fully saturated rings. The average Bonchev–Trinajstić information content (AvgIpc) is 3.00. The molecule has 16 heavy (non-hydrogen) atoms. The van der Waals surface area contributed by atoms with Gasteiger partial charge in [-0.3, -0.25) is 4.79 Å². The molecular weight excluding hydrogens is 204 g/mol. The lowest BCUT2D eigenvalue weighted by molar-refractivity contribution is -0.120. The van der Waals surface area contributed by atoms with E-state index in [1.165, 1.54) is 0 Å². The van der Waals surface area contributed by atoms with Crippen molar-refractivity contribution in [1.29, 1.82) is 0 Å². The van der Waals surface area contributed by atoms with Gasteiger partial charge in [0.1, 0.15) is 0 Å². The summed E-state index contributed by atoms with van der Waals surface area (Å²) in [5.74, 6) is -0.265. The van der Waals surface area contributed by atoms with Crippen molar-refractivity contribution in [3.63, 3.8) is 0 Å². The molecule has 0 saturated heterocycles. The van der Waals surface area contributed by atoms with E-state index in [1.54, 1.807) is 0 Å². The maximum Gasteiger partial charge on any atom is 0.234 e. The first-order chi connectivity index (χ1) is 7.63. The molecule has 1 amide bonds. The molecule has 3 N–H and O–H groups in total. The summed E-state index contributed by atoms with van der Waals surface area (Å²) in [4.78, 5) is 11.2. The molecule has 1 saturated carbocycles. The van der Waals surface area contributed by atoms with Gasteiger partial charge in [-0.15, -0.1) is 0 Å². The molecular formula is C12H24N2O2. The topological polar surface area (TPSA) is 64.3 Å². The van der Waals surface area contributed by atoms with Crippen molar-refractivity contribution in [2.24, 2.45) is 5.73 Å². The van der Waals surface area contributed by atoms with Crippen LogP contribution in [-0.2, 0) is 9.53 Å². The van der Waals surface area contributed by atoms with E-state index in [2.05, 4.69) is 19.2 Å². The van der Waals surface area contributed by atoms with Gasteiger partial charge in [-0.2, -0.15) is 0 Å². The summed E-state index contributed by atoms with van der Waals surface area (Å²) in [6, 6.07) is 0.284. The van der Waals surface area contributed by atoms with Crippen molar-refractivity contribution in [2.45, 2.75) is 64.1 Å². The maximum atomic E-state index is 11.2. The summed E-state index contributed by atoms with van der Waals surface area (Å²) in [5.41, 5.74) is 5.33. The Labute approximate surface area is 97.9 Å². The van der Waals surface area contributed by atoms with Gasteiger partial charge in [-0.1, -0.05) is 13.3 Å². The molecule has 0 heterocycles. The molecule has 94 valence electrons. The van der Waals surface area contributed by atoms with E-state index in [1.807, 2.05) is 0 Å². The maximum absolute atomic E-state index is 11.2. The highest BCUT2D eigenvalue weighted by Gasteiger charge is 2.26. The van der Waals surface area contributed by atoms with Gasteiger partial charge < -0.3 is 15.8 Å². The fourth-order valence-corrected chi connectivity index (χ4v) is 1.72. The van der Waals surface area contributed by atoms with Gasteiger partial charge in [-0.05, 0) is 32.6 Å². The lowest BCUT2D eigenvalue weighted by atomic mass is 10.2. The molecule has 1 aliphatic rings. The van der Waals surface area contributed by atoms with Crippen LogP contribution in [0.4, 0.5) is 0 Å². The normalized spacial score (nSPS) is 19.4. The van der Waals surface area contributed by atoms with Gasteiger partial charge in [0.25, 0.3) is 0 Å². The first-order valence-electron chi connectivity index (χ1n) is 6.30. The second-order valence-electron chi connectivity index (χ2n) is 4.65. The van der Waals surface area contributed by atoms with E-state index in [-0.39, 0.29) is 18.1 Å². The molecule has 0 aliphatic heterocycles. The van der Waals surface area contributed by atoms with Gasteiger partial charge in [0.15, 0.2) is 0 Å². The number of hydrogen-bond donors (Lipinski definition) is 2. The fourth-order valence-electron chi connectivity index (χ4n) is 1.72. The molecule has 0 bridgehead atoms. The highest BCUT2D eigenvalue weighted by Crippen LogP contribution is 2.19. The van der Waals surface area contributed by atoms with Gasteiger partial charge in [-0.25, -0.2) is 0 Å². The van der Waals surface area contributed by atoms with E-state index >= 15 is 0 Å². The number of hydrogen-bond acceptors (Lipinski definition) is 3. The molecule has 1 rings (SSSR count). The Kier molecular flexibility index (Phi) is 5.77. The first kappa shape index (κ1) is 13.5. The molecule has 0 spiro atoms. The van der Waals surface area contributed by atoms with Crippen LogP contribution in [0.1, 0.15) is 46.0 Å². The summed E-state index contributed by atoms with van der Waals surface area (Å²) in [7, 11) is 0. The van der Waals surface area contributed by atoms with Gasteiger partial charge in [0, 0.05) is 12.6 Å². The highest BCUT2D eigenvalue weighted by atomic mass is 16.5. The minimum Gasteiger partial charge on any atom is -0.378 e. The second kappa shape index (κ2) is 6.86. The Morgan fingerprint density at radius 3 is 2.69 bits per heavy atom. The summed E-state index contributed by atoms with van der Waals surface area (Å²) in [6.45, 7) is 4.81. The van der Waals surface area contributed by atoms with Crippen LogP contribution in [0.25, 0.3) is 0 Å². The predicted molar refractivity (Wildman–Crippen MR) is 64.1 cm³/mol. The summed E-state index contributed by atoms with van der Waals surface area (Å²) < 4.78 is 5.62. The lowest BCUT2D eigenvalue weighted by Gasteiger charge is -2.17.